The van der Waals surface area contributed by atoms with Crippen LogP contribution < -0.4 is 5.32 Å². The van der Waals surface area contributed by atoms with Crippen LogP contribution in [0.3, 0.4) is 0 Å². The van der Waals surface area contributed by atoms with Gasteiger partial charge in [0.15, 0.2) is 5.76 Å². The molecule has 5 heteroatoms. The Morgan fingerprint density at radius 1 is 1.50 bits per heavy atom. The molecule has 2 heterocycles. The molecule has 4 nitrogen and oxygen atoms in total. The third-order valence-corrected chi connectivity index (χ3v) is 3.45. The number of carbonyl (C=O) groups excluding carboxylic acids is 1. The van der Waals surface area contributed by atoms with Gasteiger partial charge >= 0.3 is 0 Å². The molecular weight excluding hydrogens is 248 g/mol. The highest BCUT2D eigenvalue weighted by Crippen LogP contribution is 2.20. The number of likely N-dealkylation sites (N-methyl/N-ethyl adjacent to an activating group) is 1. The molecule has 0 bridgehead atoms. The lowest BCUT2D eigenvalue weighted by Gasteiger charge is -2.23. The number of furan rings is 1. The molecule has 0 aliphatic rings. The average molecular weight is 264 g/mol. The van der Waals surface area contributed by atoms with Crippen molar-refractivity contribution in [3.63, 3.8) is 0 Å². The molecule has 18 heavy (non-hydrogen) atoms. The van der Waals surface area contributed by atoms with Crippen molar-refractivity contribution < 1.29 is 9.21 Å². The van der Waals surface area contributed by atoms with Gasteiger partial charge in [-0.1, -0.05) is 0 Å². The van der Waals surface area contributed by atoms with E-state index in [0.29, 0.717) is 12.3 Å². The average Bonchev–Trinajstić information content (AvgIpc) is 3.01. The van der Waals surface area contributed by atoms with Crippen molar-refractivity contribution in [2.24, 2.45) is 0 Å². The Hall–Kier alpha value is -1.59. The van der Waals surface area contributed by atoms with Gasteiger partial charge in [-0.25, -0.2) is 0 Å². The molecule has 1 atom stereocenters. The van der Waals surface area contributed by atoms with Gasteiger partial charge in [-0.15, -0.1) is 0 Å². The number of thiophene rings is 1. The zero-order valence-corrected chi connectivity index (χ0v) is 11.2. The van der Waals surface area contributed by atoms with Crippen molar-refractivity contribution in [3.8, 4) is 0 Å². The molecule has 0 saturated heterocycles. The maximum Gasteiger partial charge on any atom is 0.287 e. The minimum atomic E-state index is -0.179. The molecule has 2 rings (SSSR count). The van der Waals surface area contributed by atoms with Gasteiger partial charge in [0, 0.05) is 6.54 Å². The van der Waals surface area contributed by atoms with E-state index >= 15 is 0 Å². The smallest absolute Gasteiger partial charge is 0.287 e. The summed E-state index contributed by atoms with van der Waals surface area (Å²) in [6.45, 7) is 0.559. The van der Waals surface area contributed by atoms with Crippen LogP contribution in [0.1, 0.15) is 22.2 Å². The number of hydrogen-bond acceptors (Lipinski definition) is 4. The Bertz CT molecular complexity index is 477. The molecule has 0 saturated carbocycles. The second kappa shape index (κ2) is 5.84. The number of nitrogens with zero attached hydrogens (tertiary/aromatic N) is 1. The fourth-order valence-electron chi connectivity index (χ4n) is 1.75. The van der Waals surface area contributed by atoms with Crippen LogP contribution in [-0.4, -0.2) is 31.4 Å². The largest absolute Gasteiger partial charge is 0.459 e. The quantitative estimate of drug-likeness (QED) is 0.901. The van der Waals surface area contributed by atoms with Crippen LogP contribution in [0.5, 0.6) is 0 Å². The minimum absolute atomic E-state index is 0.176. The van der Waals surface area contributed by atoms with Gasteiger partial charge in [-0.3, -0.25) is 4.79 Å². The number of rotatable bonds is 5. The third kappa shape index (κ3) is 3.00. The van der Waals surface area contributed by atoms with Crippen LogP contribution >= 0.6 is 11.3 Å². The molecule has 0 spiro atoms. The van der Waals surface area contributed by atoms with Crippen molar-refractivity contribution in [1.29, 1.82) is 0 Å². The summed E-state index contributed by atoms with van der Waals surface area (Å²) in [4.78, 5) is 13.9. The topological polar surface area (TPSA) is 45.5 Å². The first-order valence-electron chi connectivity index (χ1n) is 5.68. The van der Waals surface area contributed by atoms with E-state index in [-0.39, 0.29) is 11.9 Å². The maximum absolute atomic E-state index is 11.8. The van der Waals surface area contributed by atoms with Crippen molar-refractivity contribution in [3.05, 3.63) is 46.5 Å². The minimum Gasteiger partial charge on any atom is -0.459 e. The van der Waals surface area contributed by atoms with Crippen LogP contribution in [0.2, 0.25) is 0 Å². The number of amides is 1. The van der Waals surface area contributed by atoms with Crippen LogP contribution in [0.25, 0.3) is 0 Å². The summed E-state index contributed by atoms with van der Waals surface area (Å²) in [5.74, 6) is 0.167. The molecular formula is C13H16N2O2S. The molecule has 0 radical (unpaired) electrons. The molecule has 1 unspecified atom stereocenters. The lowest BCUT2D eigenvalue weighted by molar-refractivity contribution is 0.0914. The Morgan fingerprint density at radius 3 is 2.89 bits per heavy atom. The summed E-state index contributed by atoms with van der Waals surface area (Å²) < 4.78 is 5.06. The zero-order valence-electron chi connectivity index (χ0n) is 10.4. The van der Waals surface area contributed by atoms with Gasteiger partial charge in [0.1, 0.15) is 0 Å². The van der Waals surface area contributed by atoms with Crippen LogP contribution in [0.4, 0.5) is 0 Å². The highest BCUT2D eigenvalue weighted by atomic mass is 32.1. The molecule has 0 fully saturated rings. The molecule has 1 N–H and O–H groups in total. The molecule has 96 valence electrons. The fourth-order valence-corrected chi connectivity index (χ4v) is 2.45. The first-order chi connectivity index (χ1) is 8.68. The monoisotopic (exact) mass is 264 g/mol. The number of hydrogen-bond donors (Lipinski definition) is 1. The molecule has 0 aromatic carbocycles. The summed E-state index contributed by atoms with van der Waals surface area (Å²) in [5.41, 5.74) is 1.21. The molecule has 0 aliphatic carbocycles. The second-order valence-electron chi connectivity index (χ2n) is 4.22. The van der Waals surface area contributed by atoms with Crippen LogP contribution in [-0.2, 0) is 0 Å². The van der Waals surface area contributed by atoms with Gasteiger partial charge in [0.2, 0.25) is 0 Å². The molecule has 0 aliphatic heterocycles. The Kier molecular flexibility index (Phi) is 4.17. The lowest BCUT2D eigenvalue weighted by atomic mass is 10.1. The predicted octanol–water partition coefficient (Wildman–Crippen LogP) is 2.37. The Labute approximate surface area is 110 Å². The van der Waals surface area contributed by atoms with E-state index in [4.69, 9.17) is 4.42 Å². The van der Waals surface area contributed by atoms with Crippen LogP contribution in [0.15, 0.2) is 39.6 Å². The van der Waals surface area contributed by atoms with E-state index in [1.54, 1.807) is 23.5 Å². The zero-order chi connectivity index (χ0) is 13.0. The predicted molar refractivity (Wildman–Crippen MR) is 71.8 cm³/mol. The third-order valence-electron chi connectivity index (χ3n) is 2.75. The van der Waals surface area contributed by atoms with Gasteiger partial charge in [-0.05, 0) is 48.6 Å². The second-order valence-corrected chi connectivity index (χ2v) is 5.00. The van der Waals surface area contributed by atoms with E-state index in [2.05, 4.69) is 21.7 Å². The van der Waals surface area contributed by atoms with Gasteiger partial charge in [0.05, 0.1) is 12.3 Å². The molecule has 1 amide bonds. The highest BCUT2D eigenvalue weighted by Gasteiger charge is 2.16. The van der Waals surface area contributed by atoms with Crippen molar-refractivity contribution in [2.75, 3.05) is 20.6 Å². The van der Waals surface area contributed by atoms with E-state index in [0.717, 1.165) is 0 Å². The van der Waals surface area contributed by atoms with E-state index < -0.39 is 0 Å². The van der Waals surface area contributed by atoms with Crippen molar-refractivity contribution >= 4 is 17.2 Å². The number of carbonyl (C=O) groups is 1. The number of nitrogens with one attached hydrogen (secondary N) is 1. The maximum atomic E-state index is 11.8. The van der Waals surface area contributed by atoms with E-state index in [9.17, 15) is 4.79 Å². The summed E-state index contributed by atoms with van der Waals surface area (Å²) >= 11 is 1.66. The SMILES string of the molecule is CN(C)C(CNC(=O)c1ccco1)c1ccsc1. The summed E-state index contributed by atoms with van der Waals surface area (Å²) in [6, 6.07) is 5.62. The van der Waals surface area contributed by atoms with E-state index in [1.807, 2.05) is 19.5 Å². The van der Waals surface area contributed by atoms with Gasteiger partial charge < -0.3 is 14.6 Å². The van der Waals surface area contributed by atoms with Crippen molar-refractivity contribution in [1.82, 2.24) is 10.2 Å². The lowest BCUT2D eigenvalue weighted by Crippen LogP contribution is -2.34. The Morgan fingerprint density at radius 2 is 2.33 bits per heavy atom. The molecule has 2 aromatic rings. The van der Waals surface area contributed by atoms with E-state index in [1.165, 1.54) is 11.8 Å². The first kappa shape index (κ1) is 12.9. The van der Waals surface area contributed by atoms with Gasteiger partial charge in [-0.2, -0.15) is 11.3 Å². The summed E-state index contributed by atoms with van der Waals surface area (Å²) in [5, 5.41) is 7.03. The Balaban J connectivity index is 1.97. The highest BCUT2D eigenvalue weighted by molar-refractivity contribution is 7.07. The normalized spacial score (nSPS) is 12.6. The standard InChI is InChI=1S/C13H16N2O2S/c1-15(2)11(10-5-7-18-9-10)8-14-13(16)12-4-3-6-17-12/h3-7,9,11H,8H2,1-2H3,(H,14,16). The summed E-state index contributed by atoms with van der Waals surface area (Å²) in [6.07, 6.45) is 1.50. The summed E-state index contributed by atoms with van der Waals surface area (Å²) in [7, 11) is 4.00. The fraction of sp³-hybridized carbons (Fsp3) is 0.308. The first-order valence-corrected chi connectivity index (χ1v) is 6.63. The van der Waals surface area contributed by atoms with Crippen LogP contribution in [0, 0.1) is 0 Å². The van der Waals surface area contributed by atoms with Gasteiger partial charge in [0.25, 0.3) is 5.91 Å². The molecule has 2 aromatic heterocycles. The van der Waals surface area contributed by atoms with Crippen molar-refractivity contribution in [2.45, 2.75) is 6.04 Å².